The predicted octanol–water partition coefficient (Wildman–Crippen LogP) is 2.68. The third-order valence-corrected chi connectivity index (χ3v) is 4.54. The Morgan fingerprint density at radius 3 is 2.00 bits per heavy atom. The lowest BCUT2D eigenvalue weighted by atomic mass is 10.1. The zero-order valence-electron chi connectivity index (χ0n) is 16.5. The Morgan fingerprint density at radius 1 is 0.958 bits per heavy atom. The van der Waals surface area contributed by atoms with Gasteiger partial charge in [0.1, 0.15) is 12.2 Å². The van der Waals surface area contributed by atoms with Crippen LogP contribution in [0.15, 0.2) is 0 Å². The maximum atomic E-state index is 7.41. The number of methoxy groups -OCH3 is 4. The summed E-state index contributed by atoms with van der Waals surface area (Å²) in [6.07, 6.45) is 2.18. The highest BCUT2D eigenvalue weighted by molar-refractivity contribution is 4.85. The lowest BCUT2D eigenvalue weighted by Crippen LogP contribution is -2.34. The maximum absolute atomic E-state index is 7.41. The van der Waals surface area contributed by atoms with E-state index >= 15 is 0 Å². The van der Waals surface area contributed by atoms with Gasteiger partial charge in [-0.05, 0) is 27.2 Å². The molecule has 24 heavy (non-hydrogen) atoms. The molecule has 2 unspecified atom stereocenters. The molecule has 6 nitrogen and oxygen atoms in total. The van der Waals surface area contributed by atoms with E-state index in [2.05, 4.69) is 6.92 Å². The second-order valence-corrected chi connectivity index (χ2v) is 6.08. The molecular formula is C18H38O6. The molecule has 0 aromatic rings. The SMILES string of the molecule is C.CO[C@@H](C)C1O[C@@H](C)C[C@@H]1OC.[3H][C@H]1C[C@H](OC)C([C@@H](C)OC)O1. The topological polar surface area (TPSA) is 55.4 Å². The molecule has 2 aliphatic rings. The lowest BCUT2D eigenvalue weighted by Gasteiger charge is -2.22. The highest BCUT2D eigenvalue weighted by Gasteiger charge is 2.36. The molecule has 0 spiro atoms. The zero-order chi connectivity index (χ0) is 18.3. The van der Waals surface area contributed by atoms with Gasteiger partial charge in [-0.15, -0.1) is 0 Å². The molecule has 0 N–H and O–H groups in total. The first kappa shape index (κ1) is 21.8. The molecule has 6 heteroatoms. The van der Waals surface area contributed by atoms with Crippen LogP contribution >= 0.6 is 0 Å². The van der Waals surface area contributed by atoms with Crippen LogP contribution in [0.3, 0.4) is 0 Å². The van der Waals surface area contributed by atoms with E-state index in [1.807, 2.05) is 13.8 Å². The van der Waals surface area contributed by atoms with Crippen molar-refractivity contribution in [1.82, 2.24) is 0 Å². The molecule has 0 bridgehead atoms. The Balaban J connectivity index is 0.000000443. The summed E-state index contributed by atoms with van der Waals surface area (Å²) in [4.78, 5) is 0. The van der Waals surface area contributed by atoms with E-state index in [0.29, 0.717) is 6.42 Å². The predicted molar refractivity (Wildman–Crippen MR) is 94.6 cm³/mol. The van der Waals surface area contributed by atoms with Gasteiger partial charge in [0.05, 0.1) is 31.9 Å². The highest BCUT2D eigenvalue weighted by Crippen LogP contribution is 2.25. The van der Waals surface area contributed by atoms with Crippen molar-refractivity contribution >= 4 is 0 Å². The summed E-state index contributed by atoms with van der Waals surface area (Å²) in [6.45, 7) is 5.54. The Hall–Kier alpha value is -0.240. The van der Waals surface area contributed by atoms with Crippen molar-refractivity contribution in [2.45, 2.75) is 83.8 Å². The quantitative estimate of drug-likeness (QED) is 0.732. The molecule has 2 heterocycles. The number of hydrogen-bond acceptors (Lipinski definition) is 6. The third-order valence-electron chi connectivity index (χ3n) is 4.54. The molecule has 2 fully saturated rings. The Bertz CT molecular complexity index is 314. The van der Waals surface area contributed by atoms with Crippen molar-refractivity contribution in [3.8, 4) is 0 Å². The first-order chi connectivity index (χ1) is 11.4. The van der Waals surface area contributed by atoms with Crippen molar-refractivity contribution in [3.05, 3.63) is 0 Å². The van der Waals surface area contributed by atoms with Crippen LogP contribution in [-0.4, -0.2) is 77.7 Å². The fraction of sp³-hybridized carbons (Fsp3) is 1.00. The largest absolute Gasteiger partial charge is 0.379 e. The van der Waals surface area contributed by atoms with E-state index in [0.717, 1.165) is 6.42 Å². The number of ether oxygens (including phenoxy) is 6. The van der Waals surface area contributed by atoms with Crippen LogP contribution in [0.5, 0.6) is 0 Å². The molecule has 2 rings (SSSR count). The monoisotopic (exact) mass is 352 g/mol. The van der Waals surface area contributed by atoms with E-state index in [4.69, 9.17) is 29.8 Å². The molecule has 0 radical (unpaired) electrons. The summed E-state index contributed by atoms with van der Waals surface area (Å²) in [7, 11) is 6.70. The average Bonchev–Trinajstić information content (AvgIpc) is 3.16. The second-order valence-electron chi connectivity index (χ2n) is 6.08. The van der Waals surface area contributed by atoms with E-state index in [1.54, 1.807) is 28.4 Å². The van der Waals surface area contributed by atoms with Crippen molar-refractivity contribution < 1.29 is 29.8 Å². The van der Waals surface area contributed by atoms with Gasteiger partial charge < -0.3 is 28.4 Å². The van der Waals surface area contributed by atoms with Gasteiger partial charge in [-0.2, -0.15) is 0 Å². The molecule has 8 atom stereocenters. The van der Waals surface area contributed by atoms with Crippen molar-refractivity contribution in [2.75, 3.05) is 35.0 Å². The van der Waals surface area contributed by atoms with Crippen LogP contribution in [-0.2, 0) is 28.4 Å². The molecule has 0 aromatic heterocycles. The first-order valence-corrected chi connectivity index (χ1v) is 8.22. The van der Waals surface area contributed by atoms with E-state index < -0.39 is 6.58 Å². The van der Waals surface area contributed by atoms with E-state index in [1.165, 1.54) is 0 Å². The fourth-order valence-electron chi connectivity index (χ4n) is 2.91. The molecule has 2 aliphatic heterocycles. The third kappa shape index (κ3) is 6.58. The number of rotatable bonds is 6. The van der Waals surface area contributed by atoms with E-state index in [-0.39, 0.29) is 50.2 Å². The molecular weight excluding hydrogens is 312 g/mol. The smallest absolute Gasteiger partial charge is 0.110 e. The standard InChI is InChI=1S/C9H18O3.C8H16O3.CH4/c1-6-5-8(11-4)9(12-6)7(2)10-3;1-6(9-2)8-7(10-3)4-5-11-8;/h6-9H,5H2,1-4H3;6-8H,4-5H2,1-3H3;1H4/t6-,7-,8-,9?;6-,7+,8?;/m01./s1/i;5T;/t;5-,6+,7-,8?;/m.0.. The van der Waals surface area contributed by atoms with Gasteiger partial charge in [0, 0.05) is 41.4 Å². The first-order valence-electron chi connectivity index (χ1n) is 8.79. The zero-order valence-corrected chi connectivity index (χ0v) is 15.5. The van der Waals surface area contributed by atoms with Crippen LogP contribution < -0.4 is 0 Å². The summed E-state index contributed by atoms with van der Waals surface area (Å²) < 4.78 is 39.2. The van der Waals surface area contributed by atoms with Crippen molar-refractivity contribution in [3.63, 3.8) is 0 Å². The van der Waals surface area contributed by atoms with Gasteiger partial charge >= 0.3 is 0 Å². The minimum Gasteiger partial charge on any atom is -0.379 e. The normalized spacial score (nSPS) is 38.5. The highest BCUT2D eigenvalue weighted by atomic mass is 16.6. The maximum Gasteiger partial charge on any atom is 0.110 e. The second kappa shape index (κ2) is 12.2. The van der Waals surface area contributed by atoms with Crippen molar-refractivity contribution in [1.29, 1.82) is 0 Å². The summed E-state index contributed by atoms with van der Waals surface area (Å²) >= 11 is 0. The van der Waals surface area contributed by atoms with Crippen LogP contribution in [0.4, 0.5) is 0 Å². The number of hydrogen-bond donors (Lipinski definition) is 0. The lowest BCUT2D eigenvalue weighted by molar-refractivity contribution is -0.0783. The Morgan fingerprint density at radius 2 is 1.50 bits per heavy atom. The molecule has 2 saturated heterocycles. The van der Waals surface area contributed by atoms with Crippen molar-refractivity contribution in [2.24, 2.45) is 0 Å². The fourth-order valence-corrected chi connectivity index (χ4v) is 2.91. The van der Waals surface area contributed by atoms with Gasteiger partial charge in [-0.3, -0.25) is 0 Å². The van der Waals surface area contributed by atoms with E-state index in [9.17, 15) is 0 Å². The molecule has 0 amide bonds. The molecule has 146 valence electrons. The minimum atomic E-state index is -0.461. The van der Waals surface area contributed by atoms with Crippen LogP contribution in [0.25, 0.3) is 0 Å². The van der Waals surface area contributed by atoms with Crippen LogP contribution in [0, 0.1) is 0 Å². The summed E-state index contributed by atoms with van der Waals surface area (Å²) in [5.74, 6) is 0. The van der Waals surface area contributed by atoms with Gasteiger partial charge in [-0.1, -0.05) is 7.43 Å². The van der Waals surface area contributed by atoms with Crippen LogP contribution in [0.1, 0.15) is 42.4 Å². The minimum absolute atomic E-state index is 0. The Labute approximate surface area is 149 Å². The summed E-state index contributed by atoms with van der Waals surface area (Å²) in [6, 6.07) is 0. The van der Waals surface area contributed by atoms with Gasteiger partial charge in [0.15, 0.2) is 0 Å². The summed E-state index contributed by atoms with van der Waals surface area (Å²) in [5, 5.41) is 0. The average molecular weight is 353 g/mol. The summed E-state index contributed by atoms with van der Waals surface area (Å²) in [5.41, 5.74) is 0. The molecule has 0 saturated carbocycles. The molecule has 0 aromatic carbocycles. The van der Waals surface area contributed by atoms with Gasteiger partial charge in [0.25, 0.3) is 0 Å². The van der Waals surface area contributed by atoms with Gasteiger partial charge in [-0.25, -0.2) is 0 Å². The Kier molecular flexibility index (Phi) is 11.1. The van der Waals surface area contributed by atoms with Crippen LogP contribution in [0.2, 0.25) is 0 Å². The van der Waals surface area contributed by atoms with Gasteiger partial charge in [0.2, 0.25) is 0 Å². The molecule has 0 aliphatic carbocycles.